The molecule has 1 N–H and O–H groups in total. The van der Waals surface area contributed by atoms with Gasteiger partial charge in [0.05, 0.1) is 11.8 Å². The van der Waals surface area contributed by atoms with E-state index < -0.39 is 11.6 Å². The highest BCUT2D eigenvalue weighted by Gasteiger charge is 2.46. The number of carbonyl (C=O) groups is 1. The van der Waals surface area contributed by atoms with Crippen molar-refractivity contribution in [3.8, 4) is 22.5 Å². The van der Waals surface area contributed by atoms with Gasteiger partial charge in [0.15, 0.2) is 17.4 Å². The lowest BCUT2D eigenvalue weighted by Gasteiger charge is -2.32. The number of likely N-dealkylation sites (N-methyl/N-ethyl adjacent to an activating group) is 1. The molecule has 1 saturated carbocycles. The second kappa shape index (κ2) is 8.02. The molecule has 174 valence electrons. The Hall–Kier alpha value is -3.59. The molecule has 2 aliphatic rings. The predicted octanol–water partition coefficient (Wildman–Crippen LogP) is 4.04. The summed E-state index contributed by atoms with van der Waals surface area (Å²) < 4.78 is 33.8. The number of benzene rings is 1. The van der Waals surface area contributed by atoms with Crippen LogP contribution in [0.1, 0.15) is 17.9 Å². The third-order valence-electron chi connectivity index (χ3n) is 6.96. The van der Waals surface area contributed by atoms with Gasteiger partial charge in [0.25, 0.3) is 0 Å². The van der Waals surface area contributed by atoms with E-state index in [9.17, 15) is 13.6 Å². The van der Waals surface area contributed by atoms with Crippen LogP contribution in [0.2, 0.25) is 0 Å². The molecular formula is C25H23F2N5O2. The van der Waals surface area contributed by atoms with Gasteiger partial charge in [-0.2, -0.15) is 0 Å². The molecule has 34 heavy (non-hydrogen) atoms. The number of rotatable bonds is 4. The zero-order chi connectivity index (χ0) is 23.4. The first-order valence-corrected chi connectivity index (χ1v) is 11.3. The molecule has 2 fully saturated rings. The number of hydrogen-bond donors (Lipinski definition) is 1. The smallest absolute Gasteiger partial charge is 0.226 e. The van der Waals surface area contributed by atoms with E-state index >= 15 is 0 Å². The summed E-state index contributed by atoms with van der Waals surface area (Å²) in [5.41, 5.74) is 2.72. The van der Waals surface area contributed by atoms with Crippen LogP contribution < -0.4 is 0 Å². The van der Waals surface area contributed by atoms with E-state index in [2.05, 4.69) is 27.1 Å². The molecule has 1 saturated heterocycles. The van der Waals surface area contributed by atoms with Crippen molar-refractivity contribution in [2.75, 3.05) is 33.2 Å². The SMILES string of the molecule is CN1CCN(C(=O)[C@H]2C[C@H]2c2cnc3[nH]cc(-c4oncc4-c4cccc(F)c4F)c3c2)CC1. The Morgan fingerprint density at radius 2 is 1.94 bits per heavy atom. The average molecular weight is 463 g/mol. The molecule has 0 bridgehead atoms. The molecule has 7 nitrogen and oxygen atoms in total. The van der Waals surface area contributed by atoms with E-state index in [1.165, 1.54) is 18.3 Å². The third-order valence-corrected chi connectivity index (χ3v) is 6.96. The number of nitrogens with one attached hydrogen (secondary N) is 1. The molecule has 0 spiro atoms. The zero-order valence-corrected chi connectivity index (χ0v) is 18.6. The number of halogens is 2. The Bertz CT molecular complexity index is 1390. The highest BCUT2D eigenvalue weighted by molar-refractivity contribution is 5.96. The van der Waals surface area contributed by atoms with Gasteiger partial charge in [0, 0.05) is 61.0 Å². The molecule has 3 aromatic heterocycles. The Kier molecular flexibility index (Phi) is 4.95. The topological polar surface area (TPSA) is 78.3 Å². The van der Waals surface area contributed by atoms with Crippen LogP contribution in [0.15, 0.2) is 47.4 Å². The zero-order valence-electron chi connectivity index (χ0n) is 18.6. The highest BCUT2D eigenvalue weighted by atomic mass is 19.2. The summed E-state index contributed by atoms with van der Waals surface area (Å²) in [4.78, 5) is 24.8. The van der Waals surface area contributed by atoms with Gasteiger partial charge in [0.2, 0.25) is 5.91 Å². The van der Waals surface area contributed by atoms with Gasteiger partial charge in [-0.25, -0.2) is 13.8 Å². The first kappa shape index (κ1) is 21.0. The van der Waals surface area contributed by atoms with Gasteiger partial charge in [-0.05, 0) is 37.1 Å². The minimum Gasteiger partial charge on any atom is -0.356 e. The third kappa shape index (κ3) is 3.47. The Morgan fingerprint density at radius 3 is 2.76 bits per heavy atom. The van der Waals surface area contributed by atoms with Crippen LogP contribution in [0.4, 0.5) is 8.78 Å². The molecular weight excluding hydrogens is 440 g/mol. The maximum Gasteiger partial charge on any atom is 0.226 e. The van der Waals surface area contributed by atoms with Crippen molar-refractivity contribution in [2.24, 2.45) is 5.92 Å². The largest absolute Gasteiger partial charge is 0.356 e. The van der Waals surface area contributed by atoms with E-state index in [1.54, 1.807) is 12.4 Å². The fraction of sp³-hybridized carbons (Fsp3) is 0.320. The molecule has 2 atom stereocenters. The Labute approximate surface area is 194 Å². The lowest BCUT2D eigenvalue weighted by atomic mass is 10.0. The number of nitrogens with zero attached hydrogens (tertiary/aromatic N) is 4. The number of aromatic amines is 1. The highest BCUT2D eigenvalue weighted by Crippen LogP contribution is 2.49. The minimum atomic E-state index is -0.950. The Balaban J connectivity index is 1.31. The predicted molar refractivity (Wildman–Crippen MR) is 122 cm³/mol. The van der Waals surface area contributed by atoms with Crippen LogP contribution in [-0.4, -0.2) is 64.1 Å². The molecule has 1 aliphatic carbocycles. The van der Waals surface area contributed by atoms with Crippen LogP contribution in [-0.2, 0) is 4.79 Å². The van der Waals surface area contributed by atoms with E-state index in [0.29, 0.717) is 22.5 Å². The molecule has 6 rings (SSSR count). The van der Waals surface area contributed by atoms with Gasteiger partial charge in [-0.15, -0.1) is 0 Å². The number of pyridine rings is 1. The first-order valence-electron chi connectivity index (χ1n) is 11.3. The van der Waals surface area contributed by atoms with E-state index in [1.807, 2.05) is 11.0 Å². The molecule has 1 aromatic carbocycles. The average Bonchev–Trinajstić information content (AvgIpc) is 3.31. The Morgan fingerprint density at radius 1 is 1.12 bits per heavy atom. The summed E-state index contributed by atoms with van der Waals surface area (Å²) in [7, 11) is 2.07. The van der Waals surface area contributed by atoms with Crippen molar-refractivity contribution in [3.63, 3.8) is 0 Å². The van der Waals surface area contributed by atoms with Crippen LogP contribution in [0.3, 0.4) is 0 Å². The van der Waals surface area contributed by atoms with Gasteiger partial charge < -0.3 is 19.3 Å². The maximum atomic E-state index is 14.5. The molecule has 0 unspecified atom stereocenters. The summed E-state index contributed by atoms with van der Waals surface area (Å²) in [6.45, 7) is 3.33. The second-order valence-electron chi connectivity index (χ2n) is 9.11. The number of fused-ring (bicyclic) bond motifs is 1. The number of amides is 1. The summed E-state index contributed by atoms with van der Waals surface area (Å²) >= 11 is 0. The van der Waals surface area contributed by atoms with Crippen molar-refractivity contribution in [2.45, 2.75) is 12.3 Å². The van der Waals surface area contributed by atoms with Crippen LogP contribution in [0.5, 0.6) is 0 Å². The van der Waals surface area contributed by atoms with E-state index in [0.717, 1.165) is 49.6 Å². The summed E-state index contributed by atoms with van der Waals surface area (Å²) in [5.74, 6) is -1.23. The number of hydrogen-bond acceptors (Lipinski definition) is 5. The second-order valence-corrected chi connectivity index (χ2v) is 9.11. The van der Waals surface area contributed by atoms with Crippen molar-refractivity contribution < 1.29 is 18.1 Å². The fourth-order valence-electron chi connectivity index (χ4n) is 4.85. The standard InChI is InChI=1S/C25H23F2N5O2/c1-31-5-7-32(8-6-31)25(33)18-10-16(18)14-9-17-19(12-29-24(17)28-11-14)23-20(13-30-34-23)15-3-2-4-21(26)22(15)27/h2-4,9,11-13,16,18H,5-8,10H2,1H3,(H,28,29)/t16-,18-/m0/s1. The van der Waals surface area contributed by atoms with Crippen molar-refractivity contribution in [3.05, 3.63) is 60.1 Å². The molecule has 9 heteroatoms. The van der Waals surface area contributed by atoms with Crippen molar-refractivity contribution in [1.82, 2.24) is 24.9 Å². The monoisotopic (exact) mass is 463 g/mol. The van der Waals surface area contributed by atoms with Crippen LogP contribution in [0, 0.1) is 17.6 Å². The van der Waals surface area contributed by atoms with Crippen molar-refractivity contribution in [1.29, 1.82) is 0 Å². The maximum absolute atomic E-state index is 14.5. The van der Waals surface area contributed by atoms with Crippen molar-refractivity contribution >= 4 is 16.9 Å². The number of H-pyrrole nitrogens is 1. The number of piperazine rings is 1. The first-order chi connectivity index (χ1) is 16.5. The molecule has 1 amide bonds. The summed E-state index contributed by atoms with van der Waals surface area (Å²) in [6, 6.07) is 6.02. The molecule has 4 heterocycles. The molecule has 1 aliphatic heterocycles. The van der Waals surface area contributed by atoms with E-state index in [-0.39, 0.29) is 23.3 Å². The number of aromatic nitrogens is 3. The van der Waals surface area contributed by atoms with Gasteiger partial charge in [-0.3, -0.25) is 4.79 Å². The van der Waals surface area contributed by atoms with Crippen LogP contribution >= 0.6 is 0 Å². The van der Waals surface area contributed by atoms with Crippen LogP contribution in [0.25, 0.3) is 33.5 Å². The van der Waals surface area contributed by atoms with Gasteiger partial charge in [-0.1, -0.05) is 17.3 Å². The lowest BCUT2D eigenvalue weighted by Crippen LogP contribution is -2.47. The number of carbonyl (C=O) groups excluding carboxylic acids is 1. The fourth-order valence-corrected chi connectivity index (χ4v) is 4.85. The van der Waals surface area contributed by atoms with Gasteiger partial charge in [0.1, 0.15) is 5.65 Å². The quantitative estimate of drug-likeness (QED) is 0.494. The van der Waals surface area contributed by atoms with E-state index in [4.69, 9.17) is 4.52 Å². The molecule has 0 radical (unpaired) electrons. The lowest BCUT2D eigenvalue weighted by molar-refractivity contribution is -0.134. The minimum absolute atomic E-state index is 0.0210. The molecule has 4 aromatic rings. The summed E-state index contributed by atoms with van der Waals surface area (Å²) in [5, 5.41) is 4.62. The normalized spacial score (nSPS) is 20.7. The summed E-state index contributed by atoms with van der Waals surface area (Å²) in [6.07, 6.45) is 5.72. The van der Waals surface area contributed by atoms with Gasteiger partial charge >= 0.3 is 0 Å².